The van der Waals surface area contributed by atoms with E-state index in [-0.39, 0.29) is 23.5 Å². The molecule has 116 valence electrons. The largest absolute Gasteiger partial charge is 0.293 e. The van der Waals surface area contributed by atoms with Crippen LogP contribution in [0.1, 0.15) is 11.1 Å². The molecular weight excluding hydrogens is 381 g/mol. The van der Waals surface area contributed by atoms with E-state index in [9.17, 15) is 14.0 Å². The Hall–Kier alpha value is -1.92. The Bertz CT molecular complexity index is 804. The third-order valence-electron chi connectivity index (χ3n) is 3.27. The van der Waals surface area contributed by atoms with Crippen LogP contribution in [-0.2, 0) is 11.3 Å². The molecule has 3 rings (SSSR count). The number of halogens is 2. The smallest absolute Gasteiger partial charge is 0.268 e. The lowest BCUT2D eigenvalue weighted by molar-refractivity contribution is -0.123. The molecule has 3 nitrogen and oxygen atoms in total. The van der Waals surface area contributed by atoms with Crippen molar-refractivity contribution in [1.29, 1.82) is 0 Å². The standard InChI is InChI=1S/C17H11BrFNO2S/c18-13-3-1-2-12(8-13)9-15-16(21)20(17(22)23-15)10-11-4-6-14(19)7-5-11/h1-9H,10H2/b15-9-. The molecule has 2 aromatic carbocycles. The molecule has 0 spiro atoms. The first kappa shape index (κ1) is 16.0. The molecule has 0 radical (unpaired) electrons. The summed E-state index contributed by atoms with van der Waals surface area (Å²) in [7, 11) is 0. The van der Waals surface area contributed by atoms with Crippen molar-refractivity contribution in [2.45, 2.75) is 6.54 Å². The number of carbonyl (C=O) groups is 2. The molecule has 0 aliphatic carbocycles. The molecule has 1 aliphatic rings. The van der Waals surface area contributed by atoms with Gasteiger partial charge in [-0.15, -0.1) is 0 Å². The van der Waals surface area contributed by atoms with Crippen molar-refractivity contribution in [1.82, 2.24) is 4.90 Å². The zero-order valence-electron chi connectivity index (χ0n) is 11.8. The first-order chi connectivity index (χ1) is 11.0. The molecule has 1 heterocycles. The van der Waals surface area contributed by atoms with E-state index in [1.54, 1.807) is 18.2 Å². The molecule has 2 amide bonds. The van der Waals surface area contributed by atoms with Gasteiger partial charge in [-0.1, -0.05) is 40.2 Å². The van der Waals surface area contributed by atoms with E-state index in [4.69, 9.17) is 0 Å². The summed E-state index contributed by atoms with van der Waals surface area (Å²) in [5.74, 6) is -0.679. The number of hydrogen-bond donors (Lipinski definition) is 0. The fraction of sp³-hybridized carbons (Fsp3) is 0.0588. The van der Waals surface area contributed by atoms with E-state index in [2.05, 4.69) is 15.9 Å². The van der Waals surface area contributed by atoms with E-state index in [1.807, 2.05) is 24.3 Å². The van der Waals surface area contributed by atoms with Crippen molar-refractivity contribution >= 4 is 44.9 Å². The summed E-state index contributed by atoms with van der Waals surface area (Å²) in [6.07, 6.45) is 1.69. The highest BCUT2D eigenvalue weighted by Gasteiger charge is 2.34. The summed E-state index contributed by atoms with van der Waals surface area (Å²) < 4.78 is 13.8. The quantitative estimate of drug-likeness (QED) is 0.703. The summed E-state index contributed by atoms with van der Waals surface area (Å²) in [6.45, 7) is 0.140. The SMILES string of the molecule is O=C1S/C(=C\c2cccc(Br)c2)C(=O)N1Cc1ccc(F)cc1. The monoisotopic (exact) mass is 391 g/mol. The van der Waals surface area contributed by atoms with Crippen LogP contribution in [0.25, 0.3) is 6.08 Å². The maximum absolute atomic E-state index is 12.9. The summed E-state index contributed by atoms with van der Waals surface area (Å²) in [5, 5.41) is -0.319. The van der Waals surface area contributed by atoms with Crippen LogP contribution in [-0.4, -0.2) is 16.0 Å². The third kappa shape index (κ3) is 3.71. The Labute approximate surface area is 145 Å². The second-order valence-electron chi connectivity index (χ2n) is 4.95. The van der Waals surface area contributed by atoms with E-state index in [1.165, 1.54) is 17.0 Å². The van der Waals surface area contributed by atoms with Crippen LogP contribution in [0.15, 0.2) is 57.9 Å². The van der Waals surface area contributed by atoms with Crippen molar-refractivity contribution in [3.8, 4) is 0 Å². The number of thioether (sulfide) groups is 1. The summed E-state index contributed by atoms with van der Waals surface area (Å²) in [4.78, 5) is 26.0. The second-order valence-corrected chi connectivity index (χ2v) is 6.86. The van der Waals surface area contributed by atoms with Gasteiger partial charge in [0.05, 0.1) is 11.4 Å². The van der Waals surface area contributed by atoms with Gasteiger partial charge in [-0.25, -0.2) is 4.39 Å². The maximum atomic E-state index is 12.9. The molecule has 2 aromatic rings. The number of benzene rings is 2. The average molecular weight is 392 g/mol. The van der Waals surface area contributed by atoms with Gasteiger partial charge in [-0.3, -0.25) is 14.5 Å². The number of rotatable bonds is 3. The van der Waals surface area contributed by atoms with Gasteiger partial charge in [-0.05, 0) is 53.2 Å². The summed E-state index contributed by atoms with van der Waals surface area (Å²) >= 11 is 4.29. The molecule has 1 saturated heterocycles. The topological polar surface area (TPSA) is 37.4 Å². The minimum atomic E-state index is -0.350. The minimum Gasteiger partial charge on any atom is -0.268 e. The van der Waals surface area contributed by atoms with Gasteiger partial charge in [0, 0.05) is 4.47 Å². The molecule has 0 aromatic heterocycles. The molecule has 0 unspecified atom stereocenters. The van der Waals surface area contributed by atoms with Crippen molar-refractivity contribution in [2.75, 3.05) is 0 Å². The van der Waals surface area contributed by atoms with Crippen LogP contribution in [0.3, 0.4) is 0 Å². The van der Waals surface area contributed by atoms with E-state index < -0.39 is 0 Å². The van der Waals surface area contributed by atoms with Crippen LogP contribution in [0, 0.1) is 5.82 Å². The van der Waals surface area contributed by atoms with Crippen LogP contribution in [0.5, 0.6) is 0 Å². The van der Waals surface area contributed by atoms with Gasteiger partial charge < -0.3 is 0 Å². The molecular formula is C17H11BrFNO2S. The summed E-state index contributed by atoms with van der Waals surface area (Å²) in [6, 6.07) is 13.2. The van der Waals surface area contributed by atoms with Gasteiger partial charge in [0.25, 0.3) is 11.1 Å². The molecule has 0 N–H and O–H groups in total. The second kappa shape index (κ2) is 6.68. The molecule has 1 fully saturated rings. The van der Waals surface area contributed by atoms with Gasteiger partial charge in [0.2, 0.25) is 0 Å². The van der Waals surface area contributed by atoms with E-state index in [0.29, 0.717) is 10.5 Å². The van der Waals surface area contributed by atoms with Crippen LogP contribution >= 0.6 is 27.7 Å². The molecule has 1 aliphatic heterocycles. The lowest BCUT2D eigenvalue weighted by Gasteiger charge is -2.12. The fourth-order valence-corrected chi connectivity index (χ4v) is 3.41. The first-order valence-electron chi connectivity index (χ1n) is 6.78. The lowest BCUT2D eigenvalue weighted by atomic mass is 10.2. The lowest BCUT2D eigenvalue weighted by Crippen LogP contribution is -2.27. The van der Waals surface area contributed by atoms with Gasteiger partial charge in [0.15, 0.2) is 0 Å². The highest BCUT2D eigenvalue weighted by atomic mass is 79.9. The first-order valence-corrected chi connectivity index (χ1v) is 8.39. The zero-order chi connectivity index (χ0) is 16.4. The normalized spacial score (nSPS) is 16.4. The Balaban J connectivity index is 1.81. The Kier molecular flexibility index (Phi) is 4.63. The molecule has 0 atom stereocenters. The third-order valence-corrected chi connectivity index (χ3v) is 4.67. The number of hydrogen-bond acceptors (Lipinski definition) is 3. The van der Waals surface area contributed by atoms with Gasteiger partial charge in [0.1, 0.15) is 5.82 Å². The summed E-state index contributed by atoms with van der Waals surface area (Å²) in [5.41, 5.74) is 1.55. The van der Waals surface area contributed by atoms with Crippen LogP contribution in [0.2, 0.25) is 0 Å². The zero-order valence-corrected chi connectivity index (χ0v) is 14.2. The van der Waals surface area contributed by atoms with Crippen molar-refractivity contribution in [2.24, 2.45) is 0 Å². The van der Waals surface area contributed by atoms with Crippen LogP contribution < -0.4 is 0 Å². The van der Waals surface area contributed by atoms with Gasteiger partial charge in [-0.2, -0.15) is 0 Å². The number of imide groups is 1. The Morgan fingerprint density at radius 3 is 2.57 bits per heavy atom. The number of carbonyl (C=O) groups excluding carboxylic acids is 2. The van der Waals surface area contributed by atoms with Crippen LogP contribution in [0.4, 0.5) is 9.18 Å². The van der Waals surface area contributed by atoms with Crippen molar-refractivity contribution < 1.29 is 14.0 Å². The van der Waals surface area contributed by atoms with Crippen molar-refractivity contribution in [3.05, 3.63) is 74.9 Å². The highest BCUT2D eigenvalue weighted by Crippen LogP contribution is 2.33. The predicted octanol–water partition coefficient (Wildman–Crippen LogP) is 4.82. The minimum absolute atomic E-state index is 0.140. The fourth-order valence-electron chi connectivity index (χ4n) is 2.16. The molecule has 23 heavy (non-hydrogen) atoms. The highest BCUT2D eigenvalue weighted by molar-refractivity contribution is 9.10. The number of nitrogens with zero attached hydrogens (tertiary/aromatic N) is 1. The predicted molar refractivity (Wildman–Crippen MR) is 92.1 cm³/mol. The van der Waals surface area contributed by atoms with Gasteiger partial charge >= 0.3 is 0 Å². The molecule has 0 saturated carbocycles. The van der Waals surface area contributed by atoms with E-state index in [0.717, 1.165) is 21.8 Å². The molecule has 0 bridgehead atoms. The van der Waals surface area contributed by atoms with Crippen molar-refractivity contribution in [3.63, 3.8) is 0 Å². The average Bonchev–Trinajstić information content (AvgIpc) is 2.77. The van der Waals surface area contributed by atoms with E-state index >= 15 is 0 Å². The Morgan fingerprint density at radius 1 is 1.13 bits per heavy atom. The molecule has 6 heteroatoms. The maximum Gasteiger partial charge on any atom is 0.293 e. The Morgan fingerprint density at radius 2 is 1.87 bits per heavy atom. The number of amides is 2.